The van der Waals surface area contributed by atoms with Gasteiger partial charge in [0.2, 0.25) is 0 Å². The average Bonchev–Trinajstić information content (AvgIpc) is 2.24. The van der Waals surface area contributed by atoms with Crippen molar-refractivity contribution in [2.45, 2.75) is 26.0 Å². The number of aliphatic hydroxyl groups excluding tert-OH is 1. The molecule has 0 aromatic heterocycles. The van der Waals surface area contributed by atoms with Crippen LogP contribution in [0.3, 0.4) is 0 Å². The predicted molar refractivity (Wildman–Crippen MR) is 61.0 cm³/mol. The maximum Gasteiger partial charge on any atom is 0.165 e. The van der Waals surface area contributed by atoms with Gasteiger partial charge in [-0.05, 0) is 37.6 Å². The molecule has 16 heavy (non-hydrogen) atoms. The van der Waals surface area contributed by atoms with Crippen LogP contribution in [0.5, 0.6) is 5.75 Å². The van der Waals surface area contributed by atoms with E-state index in [1.807, 2.05) is 6.07 Å². The van der Waals surface area contributed by atoms with E-state index in [1.54, 1.807) is 13.0 Å². The number of ether oxygens (including phenoxy) is 1. The zero-order chi connectivity index (χ0) is 12.0. The number of hydrogen-bond donors (Lipinski definition) is 2. The summed E-state index contributed by atoms with van der Waals surface area (Å²) < 4.78 is 18.1. The summed E-state index contributed by atoms with van der Waals surface area (Å²) >= 11 is 0. The van der Waals surface area contributed by atoms with Crippen LogP contribution in [0.4, 0.5) is 4.39 Å². The molecule has 0 amide bonds. The molecule has 1 aromatic carbocycles. The summed E-state index contributed by atoms with van der Waals surface area (Å²) in [5, 5.41) is 12.2. The van der Waals surface area contributed by atoms with Gasteiger partial charge in [0.05, 0.1) is 13.2 Å². The van der Waals surface area contributed by atoms with Gasteiger partial charge in [0.1, 0.15) is 0 Å². The van der Waals surface area contributed by atoms with Gasteiger partial charge in [0.25, 0.3) is 0 Å². The van der Waals surface area contributed by atoms with Crippen molar-refractivity contribution in [2.75, 3.05) is 13.7 Å². The first-order valence-corrected chi connectivity index (χ1v) is 5.34. The van der Waals surface area contributed by atoms with Crippen LogP contribution in [-0.2, 0) is 6.54 Å². The summed E-state index contributed by atoms with van der Waals surface area (Å²) in [5.74, 6) is -0.0925. The molecule has 0 aliphatic carbocycles. The van der Waals surface area contributed by atoms with E-state index in [4.69, 9.17) is 9.84 Å². The van der Waals surface area contributed by atoms with Gasteiger partial charge in [-0.15, -0.1) is 0 Å². The summed E-state index contributed by atoms with van der Waals surface area (Å²) in [6.45, 7) is 3.05. The summed E-state index contributed by atoms with van der Waals surface area (Å²) in [7, 11) is 1.44. The lowest BCUT2D eigenvalue weighted by Gasteiger charge is -2.08. The van der Waals surface area contributed by atoms with Crippen molar-refractivity contribution >= 4 is 0 Å². The number of methoxy groups -OCH3 is 1. The van der Waals surface area contributed by atoms with Gasteiger partial charge in [-0.25, -0.2) is 4.39 Å². The van der Waals surface area contributed by atoms with E-state index in [-0.39, 0.29) is 17.7 Å². The van der Waals surface area contributed by atoms with Crippen molar-refractivity contribution in [1.82, 2.24) is 5.32 Å². The summed E-state index contributed by atoms with van der Waals surface area (Å²) in [5.41, 5.74) is 0.865. The molecule has 0 saturated carbocycles. The molecule has 0 radical (unpaired) electrons. The molecule has 1 unspecified atom stereocenters. The Hall–Kier alpha value is -1.13. The highest BCUT2D eigenvalue weighted by Gasteiger charge is 2.03. The maximum absolute atomic E-state index is 13.3. The van der Waals surface area contributed by atoms with E-state index in [2.05, 4.69) is 5.32 Å². The van der Waals surface area contributed by atoms with Gasteiger partial charge in [0, 0.05) is 6.54 Å². The number of rotatable bonds is 6. The van der Waals surface area contributed by atoms with Gasteiger partial charge >= 0.3 is 0 Å². The van der Waals surface area contributed by atoms with Crippen LogP contribution in [-0.4, -0.2) is 24.9 Å². The Morgan fingerprint density at radius 1 is 1.50 bits per heavy atom. The Kier molecular flexibility index (Phi) is 5.22. The number of halogens is 1. The Bertz CT molecular complexity index is 329. The van der Waals surface area contributed by atoms with Crippen LogP contribution in [0.2, 0.25) is 0 Å². The Labute approximate surface area is 95.2 Å². The second-order valence-electron chi connectivity index (χ2n) is 3.78. The maximum atomic E-state index is 13.3. The minimum absolute atomic E-state index is 0.257. The van der Waals surface area contributed by atoms with E-state index in [0.717, 1.165) is 5.56 Å². The lowest BCUT2D eigenvalue weighted by molar-refractivity contribution is 0.183. The molecule has 3 nitrogen and oxygen atoms in total. The highest BCUT2D eigenvalue weighted by atomic mass is 19.1. The van der Waals surface area contributed by atoms with Crippen molar-refractivity contribution in [1.29, 1.82) is 0 Å². The first-order valence-electron chi connectivity index (χ1n) is 5.34. The molecule has 2 N–H and O–H groups in total. The third kappa shape index (κ3) is 4.16. The lowest BCUT2D eigenvalue weighted by atomic mass is 10.2. The van der Waals surface area contributed by atoms with Crippen molar-refractivity contribution in [3.8, 4) is 5.75 Å². The van der Waals surface area contributed by atoms with Gasteiger partial charge in [-0.3, -0.25) is 0 Å². The third-order valence-electron chi connectivity index (χ3n) is 2.28. The molecule has 0 aliphatic rings. The number of aliphatic hydroxyl groups is 1. The quantitative estimate of drug-likeness (QED) is 0.727. The first kappa shape index (κ1) is 12.9. The standard InChI is InChI=1S/C12H18FNO2/c1-9(15)5-6-14-8-10-3-4-12(16-2)11(13)7-10/h3-4,7,9,14-15H,5-6,8H2,1-2H3. The SMILES string of the molecule is COc1ccc(CNCCC(C)O)cc1F. The molecule has 0 aliphatic heterocycles. The van der Waals surface area contributed by atoms with Crippen molar-refractivity contribution in [2.24, 2.45) is 0 Å². The third-order valence-corrected chi connectivity index (χ3v) is 2.28. The molecule has 1 rings (SSSR count). The van der Waals surface area contributed by atoms with E-state index in [9.17, 15) is 4.39 Å². The number of hydrogen-bond acceptors (Lipinski definition) is 3. The lowest BCUT2D eigenvalue weighted by Crippen LogP contribution is -2.18. The predicted octanol–water partition coefficient (Wildman–Crippen LogP) is 1.69. The van der Waals surface area contributed by atoms with Gasteiger partial charge in [-0.2, -0.15) is 0 Å². The zero-order valence-corrected chi connectivity index (χ0v) is 9.66. The molecular weight excluding hydrogens is 209 g/mol. The van der Waals surface area contributed by atoms with Crippen molar-refractivity contribution in [3.63, 3.8) is 0 Å². The fourth-order valence-corrected chi connectivity index (χ4v) is 1.36. The average molecular weight is 227 g/mol. The van der Waals surface area contributed by atoms with E-state index < -0.39 is 0 Å². The van der Waals surface area contributed by atoms with Crippen molar-refractivity contribution in [3.05, 3.63) is 29.6 Å². The van der Waals surface area contributed by atoms with E-state index >= 15 is 0 Å². The minimum atomic E-state index is -0.350. The molecule has 0 saturated heterocycles. The Morgan fingerprint density at radius 2 is 2.25 bits per heavy atom. The molecule has 0 spiro atoms. The summed E-state index contributed by atoms with van der Waals surface area (Å²) in [6, 6.07) is 4.88. The van der Waals surface area contributed by atoms with Crippen LogP contribution in [0.25, 0.3) is 0 Å². The minimum Gasteiger partial charge on any atom is -0.494 e. The van der Waals surface area contributed by atoms with Crippen LogP contribution in [0.15, 0.2) is 18.2 Å². The molecule has 1 aromatic rings. The summed E-state index contributed by atoms with van der Waals surface area (Å²) in [4.78, 5) is 0. The largest absolute Gasteiger partial charge is 0.494 e. The molecule has 4 heteroatoms. The second kappa shape index (κ2) is 6.45. The highest BCUT2D eigenvalue weighted by molar-refractivity contribution is 5.29. The molecule has 0 heterocycles. The Balaban J connectivity index is 2.40. The molecular formula is C12H18FNO2. The monoisotopic (exact) mass is 227 g/mol. The van der Waals surface area contributed by atoms with E-state index in [1.165, 1.54) is 13.2 Å². The zero-order valence-electron chi connectivity index (χ0n) is 9.66. The molecule has 0 fully saturated rings. The normalized spacial score (nSPS) is 12.5. The first-order chi connectivity index (χ1) is 7.63. The number of benzene rings is 1. The fraction of sp³-hybridized carbons (Fsp3) is 0.500. The van der Waals surface area contributed by atoms with Crippen LogP contribution < -0.4 is 10.1 Å². The fourth-order valence-electron chi connectivity index (χ4n) is 1.36. The van der Waals surface area contributed by atoms with Crippen LogP contribution >= 0.6 is 0 Å². The molecule has 0 bridgehead atoms. The van der Waals surface area contributed by atoms with Crippen LogP contribution in [0.1, 0.15) is 18.9 Å². The van der Waals surface area contributed by atoms with Crippen LogP contribution in [0, 0.1) is 5.82 Å². The van der Waals surface area contributed by atoms with Gasteiger partial charge < -0.3 is 15.2 Å². The second-order valence-corrected chi connectivity index (χ2v) is 3.78. The number of nitrogens with one attached hydrogen (secondary N) is 1. The van der Waals surface area contributed by atoms with E-state index in [0.29, 0.717) is 19.5 Å². The Morgan fingerprint density at radius 3 is 2.81 bits per heavy atom. The molecule has 1 atom stereocenters. The van der Waals surface area contributed by atoms with Gasteiger partial charge in [0.15, 0.2) is 11.6 Å². The van der Waals surface area contributed by atoms with Gasteiger partial charge in [-0.1, -0.05) is 6.07 Å². The van der Waals surface area contributed by atoms with Crippen molar-refractivity contribution < 1.29 is 14.2 Å². The molecule has 90 valence electrons. The smallest absolute Gasteiger partial charge is 0.165 e. The summed E-state index contributed by atoms with van der Waals surface area (Å²) in [6.07, 6.45) is 0.388. The topological polar surface area (TPSA) is 41.5 Å². The highest BCUT2D eigenvalue weighted by Crippen LogP contribution is 2.17.